The summed E-state index contributed by atoms with van der Waals surface area (Å²) in [6, 6.07) is 47.5. The predicted octanol–water partition coefficient (Wildman–Crippen LogP) is 10.6. The van der Waals surface area contributed by atoms with Crippen LogP contribution < -0.4 is 9.47 Å². The van der Waals surface area contributed by atoms with E-state index in [1.165, 1.54) is 0 Å². The lowest BCUT2D eigenvalue weighted by Gasteiger charge is -2.14. The van der Waals surface area contributed by atoms with E-state index in [1.807, 2.05) is 65.2 Å². The Morgan fingerprint density at radius 1 is 0.681 bits per heavy atom. The molecule has 0 aliphatic rings. The van der Waals surface area contributed by atoms with Crippen LogP contribution in [0.5, 0.6) is 11.6 Å². The Morgan fingerprint density at radius 2 is 1.34 bits per heavy atom. The summed E-state index contributed by atoms with van der Waals surface area (Å²) >= 11 is 0. The van der Waals surface area contributed by atoms with Crippen molar-refractivity contribution in [1.29, 1.82) is 0 Å². The Bertz CT molecular complexity index is 2180. The molecule has 0 fully saturated rings. The van der Waals surface area contributed by atoms with Crippen LogP contribution in [0, 0.1) is 6.92 Å². The van der Waals surface area contributed by atoms with E-state index in [0.29, 0.717) is 31.9 Å². The van der Waals surface area contributed by atoms with E-state index in [0.717, 1.165) is 66.4 Å². The van der Waals surface area contributed by atoms with Gasteiger partial charge in [-0.1, -0.05) is 133 Å². The van der Waals surface area contributed by atoms with Gasteiger partial charge in [-0.15, -0.1) is 0 Å². The topological polar surface area (TPSA) is 60.7 Å². The standard InChI is InChI=1S/C42H35NO4/c1-29-12-5-7-17-34(29)36-19-10-20-37-38(21-11-27-46-39-22-9-16-33-15-6-8-18-35(33)39)41(47-42(44)45)43(40(36)37)28-30-23-25-32(26-24-30)31-13-3-2-4-14-31/h2-10,12-20,22-26H,11,21,27-28H2,1H3,(H,44,45). The molecule has 0 saturated carbocycles. The molecular weight excluding hydrogens is 582 g/mol. The maximum Gasteiger partial charge on any atom is 0.512 e. The Hall–Kier alpha value is -5.81. The van der Waals surface area contributed by atoms with Crippen molar-refractivity contribution in [3.8, 4) is 33.9 Å². The molecule has 5 nitrogen and oxygen atoms in total. The van der Waals surface area contributed by atoms with Crippen molar-refractivity contribution >= 4 is 27.8 Å². The number of nitrogens with zero attached hydrogens (tertiary/aromatic N) is 1. The number of carbonyl (C=O) groups is 1. The molecule has 0 spiro atoms. The Morgan fingerprint density at radius 3 is 2.15 bits per heavy atom. The highest BCUT2D eigenvalue weighted by molar-refractivity contribution is 5.99. The van der Waals surface area contributed by atoms with Crippen molar-refractivity contribution in [3.63, 3.8) is 0 Å². The van der Waals surface area contributed by atoms with E-state index in [-0.39, 0.29) is 0 Å². The fraction of sp³-hybridized carbons (Fsp3) is 0.119. The molecule has 0 amide bonds. The molecule has 0 aliphatic heterocycles. The van der Waals surface area contributed by atoms with Gasteiger partial charge >= 0.3 is 6.16 Å². The number of hydrogen-bond acceptors (Lipinski definition) is 3. The first kappa shape index (κ1) is 29.9. The summed E-state index contributed by atoms with van der Waals surface area (Å²) < 4.78 is 14.0. The van der Waals surface area contributed by atoms with Gasteiger partial charge in [0.25, 0.3) is 0 Å². The van der Waals surface area contributed by atoms with Gasteiger partial charge in [-0.3, -0.25) is 0 Å². The van der Waals surface area contributed by atoms with Crippen LogP contribution in [0.15, 0.2) is 140 Å². The molecule has 5 heteroatoms. The molecule has 7 aromatic rings. The zero-order valence-electron chi connectivity index (χ0n) is 26.2. The molecule has 232 valence electrons. The minimum Gasteiger partial charge on any atom is -0.493 e. The van der Waals surface area contributed by atoms with Crippen LogP contribution in [0.3, 0.4) is 0 Å². The van der Waals surface area contributed by atoms with E-state index in [1.54, 1.807) is 0 Å². The molecule has 1 N–H and O–H groups in total. The first-order chi connectivity index (χ1) is 23.1. The van der Waals surface area contributed by atoms with Gasteiger partial charge in [-0.2, -0.15) is 0 Å². The molecule has 0 atom stereocenters. The van der Waals surface area contributed by atoms with Gasteiger partial charge in [0, 0.05) is 21.9 Å². The average Bonchev–Trinajstić information content (AvgIpc) is 3.38. The predicted molar refractivity (Wildman–Crippen MR) is 190 cm³/mol. The maximum absolute atomic E-state index is 12.2. The monoisotopic (exact) mass is 617 g/mol. The fourth-order valence-electron chi connectivity index (χ4n) is 6.51. The molecule has 0 saturated heterocycles. The van der Waals surface area contributed by atoms with E-state index in [2.05, 4.69) is 85.8 Å². The number of aryl methyl sites for hydroxylation is 2. The minimum absolute atomic E-state index is 0.353. The van der Waals surface area contributed by atoms with E-state index < -0.39 is 6.16 Å². The van der Waals surface area contributed by atoms with Gasteiger partial charge in [-0.05, 0) is 59.0 Å². The number of fused-ring (bicyclic) bond motifs is 2. The number of hydrogen-bond donors (Lipinski definition) is 1. The first-order valence-corrected chi connectivity index (χ1v) is 15.9. The number of aromatic nitrogens is 1. The van der Waals surface area contributed by atoms with E-state index in [4.69, 9.17) is 9.47 Å². The van der Waals surface area contributed by atoms with Gasteiger partial charge in [-0.25, -0.2) is 4.79 Å². The van der Waals surface area contributed by atoms with Crippen molar-refractivity contribution < 1.29 is 19.4 Å². The van der Waals surface area contributed by atoms with Crippen LogP contribution in [-0.4, -0.2) is 22.4 Å². The van der Waals surface area contributed by atoms with Crippen molar-refractivity contribution in [3.05, 3.63) is 156 Å². The summed E-state index contributed by atoms with van der Waals surface area (Å²) in [5, 5.41) is 13.1. The second-order valence-electron chi connectivity index (χ2n) is 11.7. The smallest absolute Gasteiger partial charge is 0.493 e. The normalized spacial score (nSPS) is 11.2. The average molecular weight is 618 g/mol. The lowest BCUT2D eigenvalue weighted by atomic mass is 9.97. The number of ether oxygens (including phenoxy) is 2. The van der Waals surface area contributed by atoms with Gasteiger partial charge in [0.2, 0.25) is 5.88 Å². The molecule has 47 heavy (non-hydrogen) atoms. The minimum atomic E-state index is -1.33. The van der Waals surface area contributed by atoms with Crippen LogP contribution >= 0.6 is 0 Å². The van der Waals surface area contributed by atoms with Crippen LogP contribution in [0.4, 0.5) is 4.79 Å². The second-order valence-corrected chi connectivity index (χ2v) is 11.7. The number of rotatable bonds is 10. The largest absolute Gasteiger partial charge is 0.512 e. The van der Waals surface area contributed by atoms with Gasteiger partial charge < -0.3 is 19.1 Å². The van der Waals surface area contributed by atoms with Gasteiger partial charge in [0.05, 0.1) is 18.7 Å². The van der Waals surface area contributed by atoms with Gasteiger partial charge in [0.1, 0.15) is 5.75 Å². The molecule has 6 aromatic carbocycles. The zero-order valence-corrected chi connectivity index (χ0v) is 26.2. The molecule has 0 bridgehead atoms. The molecule has 1 heterocycles. The maximum atomic E-state index is 12.2. The van der Waals surface area contributed by atoms with Crippen LogP contribution in [0.25, 0.3) is 43.9 Å². The highest BCUT2D eigenvalue weighted by Gasteiger charge is 2.24. The first-order valence-electron chi connectivity index (χ1n) is 15.9. The van der Waals surface area contributed by atoms with E-state index >= 15 is 0 Å². The van der Waals surface area contributed by atoms with Crippen LogP contribution in [0.2, 0.25) is 0 Å². The Kier molecular flexibility index (Phi) is 8.44. The number of para-hydroxylation sites is 1. The number of carboxylic acid groups (broad SMARTS) is 1. The summed E-state index contributed by atoms with van der Waals surface area (Å²) in [5.74, 6) is 1.19. The van der Waals surface area contributed by atoms with Crippen LogP contribution in [-0.2, 0) is 13.0 Å². The summed E-state index contributed by atoms with van der Waals surface area (Å²) in [4.78, 5) is 12.2. The Labute approximate surface area is 274 Å². The van der Waals surface area contributed by atoms with Gasteiger partial charge in [0.15, 0.2) is 0 Å². The third kappa shape index (κ3) is 6.21. The second kappa shape index (κ2) is 13.3. The summed E-state index contributed by atoms with van der Waals surface area (Å²) in [6.45, 7) is 3.03. The zero-order chi connectivity index (χ0) is 32.2. The van der Waals surface area contributed by atoms with Crippen molar-refractivity contribution in [2.75, 3.05) is 6.61 Å². The molecule has 0 radical (unpaired) electrons. The fourth-order valence-corrected chi connectivity index (χ4v) is 6.51. The lowest BCUT2D eigenvalue weighted by molar-refractivity contribution is 0.140. The Balaban J connectivity index is 1.28. The third-order valence-corrected chi connectivity index (χ3v) is 8.73. The van der Waals surface area contributed by atoms with Crippen molar-refractivity contribution in [1.82, 2.24) is 4.57 Å². The summed E-state index contributed by atoms with van der Waals surface area (Å²) in [5.41, 5.74) is 8.42. The SMILES string of the molecule is Cc1ccccc1-c1cccc2c(CCCOc3cccc4ccccc34)c(OC(=O)O)n(Cc3ccc(-c4ccccc4)cc3)c12. The highest BCUT2D eigenvalue weighted by Crippen LogP contribution is 2.40. The lowest BCUT2D eigenvalue weighted by Crippen LogP contribution is -2.11. The highest BCUT2D eigenvalue weighted by atomic mass is 16.7. The summed E-state index contributed by atoms with van der Waals surface area (Å²) in [7, 11) is 0. The summed E-state index contributed by atoms with van der Waals surface area (Å²) in [6.07, 6.45) is -0.0705. The molecule has 0 unspecified atom stereocenters. The molecule has 7 rings (SSSR count). The molecule has 0 aliphatic carbocycles. The third-order valence-electron chi connectivity index (χ3n) is 8.73. The van der Waals surface area contributed by atoms with Crippen molar-refractivity contribution in [2.24, 2.45) is 0 Å². The van der Waals surface area contributed by atoms with Crippen molar-refractivity contribution in [2.45, 2.75) is 26.3 Å². The van der Waals surface area contributed by atoms with Crippen LogP contribution in [0.1, 0.15) is 23.1 Å². The van der Waals surface area contributed by atoms with E-state index in [9.17, 15) is 9.90 Å². The molecule has 1 aromatic heterocycles. The quantitative estimate of drug-likeness (QED) is 0.123. The number of benzene rings is 6. The molecular formula is C42H35NO4.